The molecule has 0 heterocycles. The molecule has 0 aromatic heterocycles. The zero-order valence-corrected chi connectivity index (χ0v) is 15.0. The van der Waals surface area contributed by atoms with E-state index in [-0.39, 0.29) is 29.0 Å². The number of carboxylic acid groups (broad SMARTS) is 1. The molecule has 0 aliphatic rings. The summed E-state index contributed by atoms with van der Waals surface area (Å²) in [4.78, 5) is 23.9. The van der Waals surface area contributed by atoms with Crippen molar-refractivity contribution in [1.29, 1.82) is 0 Å². The average molecular weight is 377 g/mol. The number of hydrogen-bond donors (Lipinski definition) is 2. The summed E-state index contributed by atoms with van der Waals surface area (Å²) in [6.45, 7) is 0.649. The van der Waals surface area contributed by atoms with E-state index in [0.717, 1.165) is 6.07 Å². The van der Waals surface area contributed by atoms with Crippen LogP contribution in [0.3, 0.4) is 0 Å². The van der Waals surface area contributed by atoms with E-state index in [9.17, 15) is 19.1 Å². The van der Waals surface area contributed by atoms with E-state index in [1.165, 1.54) is 44.6 Å². The van der Waals surface area contributed by atoms with Gasteiger partial charge in [0.15, 0.2) is 0 Å². The van der Waals surface area contributed by atoms with Crippen molar-refractivity contribution in [2.45, 2.75) is 6.61 Å². The second-order valence-corrected chi connectivity index (χ2v) is 5.52. The van der Waals surface area contributed by atoms with Gasteiger partial charge in [-0.1, -0.05) is 0 Å². The fourth-order valence-electron chi connectivity index (χ4n) is 2.28. The summed E-state index contributed by atoms with van der Waals surface area (Å²) in [6, 6.07) is 8.10. The van der Waals surface area contributed by atoms with Crippen LogP contribution in [0.4, 0.5) is 10.1 Å². The molecule has 144 valence electrons. The molecule has 0 fully saturated rings. The molecular formula is C19H20FNO6. The van der Waals surface area contributed by atoms with Crippen LogP contribution in [0.25, 0.3) is 0 Å². The Kier molecular flexibility index (Phi) is 7.27. The van der Waals surface area contributed by atoms with Crippen molar-refractivity contribution < 1.29 is 33.3 Å². The highest BCUT2D eigenvalue weighted by Gasteiger charge is 2.16. The Morgan fingerprint density at radius 2 is 1.89 bits per heavy atom. The smallest absolute Gasteiger partial charge is 0.337 e. The monoisotopic (exact) mass is 377 g/mol. The van der Waals surface area contributed by atoms with Crippen LogP contribution in [0.1, 0.15) is 26.3 Å². The fourth-order valence-corrected chi connectivity index (χ4v) is 2.28. The predicted molar refractivity (Wildman–Crippen MR) is 95.8 cm³/mol. The van der Waals surface area contributed by atoms with Crippen molar-refractivity contribution >= 4 is 17.6 Å². The Labute approximate surface area is 155 Å². The molecule has 2 rings (SSSR count). The normalized spacial score (nSPS) is 10.5. The van der Waals surface area contributed by atoms with Gasteiger partial charge in [-0.15, -0.1) is 0 Å². The van der Waals surface area contributed by atoms with Gasteiger partial charge in [0.2, 0.25) is 0 Å². The number of rotatable bonds is 9. The number of amides is 1. The number of anilines is 1. The highest BCUT2D eigenvalue weighted by atomic mass is 19.1. The summed E-state index contributed by atoms with van der Waals surface area (Å²) < 4.78 is 29.0. The molecule has 1 amide bonds. The Bertz CT molecular complexity index is 824. The van der Waals surface area contributed by atoms with Crippen molar-refractivity contribution in [2.24, 2.45) is 0 Å². The molecule has 8 heteroatoms. The summed E-state index contributed by atoms with van der Waals surface area (Å²) in [6.07, 6.45) is 0. The van der Waals surface area contributed by atoms with E-state index in [1.54, 1.807) is 0 Å². The van der Waals surface area contributed by atoms with Crippen LogP contribution in [-0.2, 0) is 16.1 Å². The van der Waals surface area contributed by atoms with Gasteiger partial charge in [0.05, 0.1) is 38.2 Å². The second kappa shape index (κ2) is 9.65. The van der Waals surface area contributed by atoms with Gasteiger partial charge in [0.1, 0.15) is 11.6 Å². The maximum atomic E-state index is 13.9. The Morgan fingerprint density at radius 1 is 1.11 bits per heavy atom. The molecular weight excluding hydrogens is 357 g/mol. The summed E-state index contributed by atoms with van der Waals surface area (Å²) in [5.41, 5.74) is 0.379. The van der Waals surface area contributed by atoms with E-state index in [1.807, 2.05) is 0 Å². The first-order valence-corrected chi connectivity index (χ1v) is 8.04. The van der Waals surface area contributed by atoms with Crippen LogP contribution in [0.2, 0.25) is 0 Å². The third kappa shape index (κ3) is 5.50. The van der Waals surface area contributed by atoms with Crippen molar-refractivity contribution in [2.75, 3.05) is 32.8 Å². The summed E-state index contributed by atoms with van der Waals surface area (Å²) in [7, 11) is 2.94. The van der Waals surface area contributed by atoms with Gasteiger partial charge in [-0.25, -0.2) is 9.18 Å². The zero-order valence-electron chi connectivity index (χ0n) is 15.0. The third-order valence-electron chi connectivity index (χ3n) is 3.70. The van der Waals surface area contributed by atoms with Gasteiger partial charge in [-0.2, -0.15) is 0 Å². The third-order valence-corrected chi connectivity index (χ3v) is 3.70. The van der Waals surface area contributed by atoms with Crippen molar-refractivity contribution in [3.05, 3.63) is 58.9 Å². The van der Waals surface area contributed by atoms with Gasteiger partial charge in [-0.3, -0.25) is 4.79 Å². The predicted octanol–water partition coefficient (Wildman–Crippen LogP) is 2.95. The lowest BCUT2D eigenvalue weighted by molar-refractivity contribution is 0.0604. The first kappa shape index (κ1) is 20.3. The summed E-state index contributed by atoms with van der Waals surface area (Å²) in [5, 5.41) is 11.8. The average Bonchev–Trinajstić information content (AvgIpc) is 2.66. The molecule has 0 spiro atoms. The topological polar surface area (TPSA) is 94.1 Å². The maximum absolute atomic E-state index is 13.9. The first-order valence-electron chi connectivity index (χ1n) is 8.04. The number of carboxylic acids is 1. The van der Waals surface area contributed by atoms with E-state index >= 15 is 0 Å². The van der Waals surface area contributed by atoms with Gasteiger partial charge < -0.3 is 24.6 Å². The van der Waals surface area contributed by atoms with Crippen LogP contribution < -0.4 is 10.1 Å². The van der Waals surface area contributed by atoms with Crippen LogP contribution in [0, 0.1) is 5.82 Å². The number of halogens is 1. The molecule has 0 unspecified atom stereocenters. The minimum absolute atomic E-state index is 0.0147. The van der Waals surface area contributed by atoms with E-state index < -0.39 is 17.7 Å². The van der Waals surface area contributed by atoms with Gasteiger partial charge in [-0.05, 0) is 36.4 Å². The lowest BCUT2D eigenvalue weighted by atomic mass is 10.1. The molecule has 27 heavy (non-hydrogen) atoms. The second-order valence-electron chi connectivity index (χ2n) is 5.52. The van der Waals surface area contributed by atoms with E-state index in [2.05, 4.69) is 5.32 Å². The Balaban J connectivity index is 2.17. The number of ether oxygens (including phenoxy) is 3. The molecule has 2 aromatic rings. The number of aromatic carboxylic acids is 1. The van der Waals surface area contributed by atoms with Crippen LogP contribution in [-0.4, -0.2) is 44.4 Å². The number of nitrogens with one attached hydrogen (secondary N) is 1. The summed E-state index contributed by atoms with van der Waals surface area (Å²) >= 11 is 0. The van der Waals surface area contributed by atoms with Crippen molar-refractivity contribution in [3.63, 3.8) is 0 Å². The molecule has 2 aromatic carbocycles. The number of carbonyl (C=O) groups is 2. The molecule has 0 atom stereocenters. The van der Waals surface area contributed by atoms with Gasteiger partial charge >= 0.3 is 5.97 Å². The highest BCUT2D eigenvalue weighted by molar-refractivity contribution is 6.07. The first-order chi connectivity index (χ1) is 13.0. The van der Waals surface area contributed by atoms with E-state index in [0.29, 0.717) is 19.0 Å². The van der Waals surface area contributed by atoms with Gasteiger partial charge in [0.25, 0.3) is 5.91 Å². The fraction of sp³-hybridized carbons (Fsp3) is 0.263. The zero-order chi connectivity index (χ0) is 19.8. The SMILES string of the molecule is COCCOCc1cc(C(=O)Nc2ccc(OC)cc2C(=O)O)ccc1F. The van der Waals surface area contributed by atoms with Crippen LogP contribution in [0.15, 0.2) is 36.4 Å². The Hall–Kier alpha value is -2.97. The molecule has 0 bridgehead atoms. The quantitative estimate of drug-likeness (QED) is 0.653. The molecule has 7 nitrogen and oxygen atoms in total. The lowest BCUT2D eigenvalue weighted by Gasteiger charge is -2.11. The molecule has 0 aliphatic heterocycles. The highest BCUT2D eigenvalue weighted by Crippen LogP contribution is 2.23. The molecule has 2 N–H and O–H groups in total. The standard InChI is InChI=1S/C19H20FNO6/c1-25-7-8-27-11-13-9-12(3-5-16(13)20)18(22)21-17-6-4-14(26-2)10-15(17)19(23)24/h3-6,9-10H,7-8,11H2,1-2H3,(H,21,22)(H,23,24). The number of benzene rings is 2. The van der Waals surface area contributed by atoms with Crippen molar-refractivity contribution in [3.8, 4) is 5.75 Å². The number of methoxy groups -OCH3 is 2. The Morgan fingerprint density at radius 3 is 2.56 bits per heavy atom. The lowest BCUT2D eigenvalue weighted by Crippen LogP contribution is -2.15. The molecule has 0 radical (unpaired) electrons. The number of hydrogen-bond acceptors (Lipinski definition) is 5. The minimum atomic E-state index is -1.21. The van der Waals surface area contributed by atoms with Gasteiger partial charge in [0, 0.05) is 18.2 Å². The van der Waals surface area contributed by atoms with Crippen LogP contribution in [0.5, 0.6) is 5.75 Å². The van der Waals surface area contributed by atoms with Crippen LogP contribution >= 0.6 is 0 Å². The van der Waals surface area contributed by atoms with E-state index in [4.69, 9.17) is 14.2 Å². The molecule has 0 saturated heterocycles. The number of carbonyl (C=O) groups excluding carboxylic acids is 1. The molecule has 0 aliphatic carbocycles. The summed E-state index contributed by atoms with van der Waals surface area (Å²) in [5.74, 6) is -1.93. The molecule has 0 saturated carbocycles. The van der Waals surface area contributed by atoms with Crippen molar-refractivity contribution in [1.82, 2.24) is 0 Å². The largest absolute Gasteiger partial charge is 0.497 e. The minimum Gasteiger partial charge on any atom is -0.497 e. The maximum Gasteiger partial charge on any atom is 0.337 e.